The van der Waals surface area contributed by atoms with Gasteiger partial charge in [-0.15, -0.1) is 10.2 Å². The molecule has 0 aliphatic carbocycles. The van der Waals surface area contributed by atoms with Crippen LogP contribution < -0.4 is 10.6 Å². The zero-order valence-corrected chi connectivity index (χ0v) is 20.1. The summed E-state index contributed by atoms with van der Waals surface area (Å²) in [6.07, 6.45) is 0. The second kappa shape index (κ2) is 9.99. The van der Waals surface area contributed by atoms with Crippen LogP contribution in [0.5, 0.6) is 0 Å². The summed E-state index contributed by atoms with van der Waals surface area (Å²) >= 11 is 1.31. The van der Waals surface area contributed by atoms with Crippen LogP contribution >= 0.6 is 11.8 Å². The van der Waals surface area contributed by atoms with Gasteiger partial charge in [0.2, 0.25) is 5.91 Å². The summed E-state index contributed by atoms with van der Waals surface area (Å²) in [5.74, 6) is 0.578. The van der Waals surface area contributed by atoms with Crippen LogP contribution in [-0.2, 0) is 11.8 Å². The molecule has 1 aromatic heterocycles. The maximum absolute atomic E-state index is 12.6. The SMILES string of the molecule is Cc1cc(C)c(NC(=O)CSc2nnc([C@H](C)NC(=O)c3ccccc3C)n2C)c(C)c1. The molecule has 2 aromatic carbocycles. The van der Waals surface area contributed by atoms with Crippen LogP contribution in [0, 0.1) is 27.7 Å². The van der Waals surface area contributed by atoms with E-state index in [1.165, 1.54) is 17.3 Å². The molecule has 3 rings (SSSR count). The Hall–Kier alpha value is -3.13. The Bertz CT molecular complexity index is 1130. The molecule has 1 heterocycles. The van der Waals surface area contributed by atoms with Crippen molar-refractivity contribution in [2.45, 2.75) is 45.8 Å². The van der Waals surface area contributed by atoms with Crippen molar-refractivity contribution in [1.29, 1.82) is 0 Å². The highest BCUT2D eigenvalue weighted by molar-refractivity contribution is 7.99. The van der Waals surface area contributed by atoms with Gasteiger partial charge in [0.1, 0.15) is 0 Å². The number of anilines is 1. The first-order chi connectivity index (χ1) is 15.2. The van der Waals surface area contributed by atoms with Crippen LogP contribution in [0.1, 0.15) is 51.4 Å². The molecule has 0 spiro atoms. The molecule has 1 atom stereocenters. The van der Waals surface area contributed by atoms with Gasteiger partial charge in [-0.1, -0.05) is 47.7 Å². The minimum atomic E-state index is -0.333. The van der Waals surface area contributed by atoms with Crippen LogP contribution in [0.15, 0.2) is 41.6 Å². The molecule has 0 aliphatic heterocycles. The summed E-state index contributed by atoms with van der Waals surface area (Å²) in [6, 6.07) is 11.2. The van der Waals surface area contributed by atoms with Crippen molar-refractivity contribution in [3.63, 3.8) is 0 Å². The number of carbonyl (C=O) groups excluding carboxylic acids is 2. The van der Waals surface area contributed by atoms with Crippen molar-refractivity contribution in [2.24, 2.45) is 7.05 Å². The Labute approximate surface area is 193 Å². The van der Waals surface area contributed by atoms with Crippen LogP contribution in [-0.4, -0.2) is 32.3 Å². The standard InChI is InChI=1S/C24H29N5O2S/c1-14-11-16(3)21(17(4)12-14)26-20(30)13-32-24-28-27-22(29(24)6)18(5)25-23(31)19-10-8-7-9-15(19)2/h7-12,18H,13H2,1-6H3,(H,25,31)(H,26,30)/t18-/m0/s1. The van der Waals surface area contributed by atoms with E-state index in [1.807, 2.05) is 64.4 Å². The molecule has 0 bridgehead atoms. The fourth-order valence-corrected chi connectivity index (χ4v) is 4.40. The Kier molecular flexibility index (Phi) is 7.35. The van der Waals surface area contributed by atoms with Gasteiger partial charge in [0.05, 0.1) is 11.8 Å². The van der Waals surface area contributed by atoms with Gasteiger partial charge >= 0.3 is 0 Å². The number of amides is 2. The quantitative estimate of drug-likeness (QED) is 0.524. The van der Waals surface area contributed by atoms with Gasteiger partial charge in [0, 0.05) is 18.3 Å². The number of hydrogen-bond acceptors (Lipinski definition) is 5. The van der Waals surface area contributed by atoms with Crippen molar-refractivity contribution < 1.29 is 9.59 Å². The molecule has 0 unspecified atom stereocenters. The lowest BCUT2D eigenvalue weighted by atomic mass is 10.1. The van der Waals surface area contributed by atoms with E-state index in [2.05, 4.69) is 33.0 Å². The molecular weight excluding hydrogens is 422 g/mol. The lowest BCUT2D eigenvalue weighted by molar-refractivity contribution is -0.113. The maximum Gasteiger partial charge on any atom is 0.252 e. The van der Waals surface area contributed by atoms with Crippen LogP contribution in [0.2, 0.25) is 0 Å². The van der Waals surface area contributed by atoms with Gasteiger partial charge in [-0.05, 0) is 57.4 Å². The summed E-state index contributed by atoms with van der Waals surface area (Å²) < 4.78 is 1.81. The van der Waals surface area contributed by atoms with E-state index in [-0.39, 0.29) is 23.6 Å². The molecule has 2 N–H and O–H groups in total. The number of thioether (sulfide) groups is 1. The van der Waals surface area contributed by atoms with Gasteiger partial charge in [-0.2, -0.15) is 0 Å². The first-order valence-electron chi connectivity index (χ1n) is 10.4. The molecule has 0 fully saturated rings. The predicted octanol–water partition coefficient (Wildman–Crippen LogP) is 4.27. The third-order valence-electron chi connectivity index (χ3n) is 5.27. The fraction of sp³-hybridized carbons (Fsp3) is 0.333. The summed E-state index contributed by atoms with van der Waals surface area (Å²) in [5, 5.41) is 15.0. The second-order valence-electron chi connectivity index (χ2n) is 8.02. The number of hydrogen-bond donors (Lipinski definition) is 2. The number of rotatable bonds is 7. The molecule has 168 valence electrons. The fourth-order valence-electron chi connectivity index (χ4n) is 3.68. The largest absolute Gasteiger partial charge is 0.342 e. The Morgan fingerprint density at radius 3 is 2.34 bits per heavy atom. The van der Waals surface area contributed by atoms with Gasteiger partial charge in [0.15, 0.2) is 11.0 Å². The van der Waals surface area contributed by atoms with E-state index in [4.69, 9.17) is 0 Å². The second-order valence-corrected chi connectivity index (χ2v) is 8.96. The lowest BCUT2D eigenvalue weighted by Gasteiger charge is -2.15. The number of nitrogens with one attached hydrogen (secondary N) is 2. The van der Waals surface area contributed by atoms with Crippen molar-refractivity contribution >= 4 is 29.3 Å². The van der Waals surface area contributed by atoms with Crippen LogP contribution in [0.4, 0.5) is 5.69 Å². The van der Waals surface area contributed by atoms with Gasteiger partial charge < -0.3 is 15.2 Å². The number of aryl methyl sites for hydroxylation is 4. The smallest absolute Gasteiger partial charge is 0.252 e. The Balaban J connectivity index is 1.61. The molecule has 0 saturated heterocycles. The first-order valence-corrected chi connectivity index (χ1v) is 11.4. The van der Waals surface area contributed by atoms with Crippen molar-refractivity contribution in [3.05, 3.63) is 70.0 Å². The molecule has 0 radical (unpaired) electrons. The van der Waals surface area contributed by atoms with E-state index in [0.717, 1.165) is 22.4 Å². The minimum absolute atomic E-state index is 0.101. The molecule has 2 amide bonds. The van der Waals surface area contributed by atoms with E-state index < -0.39 is 0 Å². The monoisotopic (exact) mass is 451 g/mol. The lowest BCUT2D eigenvalue weighted by Crippen LogP contribution is -2.29. The summed E-state index contributed by atoms with van der Waals surface area (Å²) in [6.45, 7) is 9.79. The first kappa shape index (κ1) is 23.5. The van der Waals surface area contributed by atoms with E-state index in [9.17, 15) is 9.59 Å². The highest BCUT2D eigenvalue weighted by Crippen LogP contribution is 2.24. The number of carbonyl (C=O) groups is 2. The molecule has 8 heteroatoms. The van der Waals surface area contributed by atoms with Crippen molar-refractivity contribution in [3.8, 4) is 0 Å². The average molecular weight is 452 g/mol. The van der Waals surface area contributed by atoms with Crippen molar-refractivity contribution in [2.75, 3.05) is 11.1 Å². The summed E-state index contributed by atoms with van der Waals surface area (Å²) in [7, 11) is 1.83. The molecular formula is C24H29N5O2S. The van der Waals surface area contributed by atoms with Crippen LogP contribution in [0.25, 0.3) is 0 Å². The Morgan fingerprint density at radius 2 is 1.69 bits per heavy atom. The highest BCUT2D eigenvalue weighted by Gasteiger charge is 2.20. The highest BCUT2D eigenvalue weighted by atomic mass is 32.2. The topological polar surface area (TPSA) is 88.9 Å². The third-order valence-corrected chi connectivity index (χ3v) is 6.29. The Morgan fingerprint density at radius 1 is 1.03 bits per heavy atom. The summed E-state index contributed by atoms with van der Waals surface area (Å²) in [4.78, 5) is 25.1. The normalized spacial score (nSPS) is 11.8. The third kappa shape index (κ3) is 5.37. The van der Waals surface area contributed by atoms with Gasteiger partial charge in [-0.3, -0.25) is 9.59 Å². The molecule has 0 saturated carbocycles. The minimum Gasteiger partial charge on any atom is -0.342 e. The molecule has 3 aromatic rings. The number of aromatic nitrogens is 3. The number of nitrogens with zero attached hydrogens (tertiary/aromatic N) is 3. The van der Waals surface area contributed by atoms with Gasteiger partial charge in [-0.25, -0.2) is 0 Å². The number of benzene rings is 2. The average Bonchev–Trinajstić information content (AvgIpc) is 3.09. The van der Waals surface area contributed by atoms with Crippen LogP contribution in [0.3, 0.4) is 0 Å². The van der Waals surface area contributed by atoms with E-state index in [1.54, 1.807) is 6.07 Å². The van der Waals surface area contributed by atoms with Crippen molar-refractivity contribution in [1.82, 2.24) is 20.1 Å². The van der Waals surface area contributed by atoms with Gasteiger partial charge in [0.25, 0.3) is 5.91 Å². The van der Waals surface area contributed by atoms with E-state index in [0.29, 0.717) is 16.5 Å². The molecule has 0 aliphatic rings. The summed E-state index contributed by atoms with van der Waals surface area (Å²) in [5.41, 5.74) is 5.65. The zero-order valence-electron chi connectivity index (χ0n) is 19.3. The predicted molar refractivity (Wildman–Crippen MR) is 128 cm³/mol. The zero-order chi connectivity index (χ0) is 23.4. The maximum atomic E-state index is 12.6. The molecule has 7 nitrogen and oxygen atoms in total. The van der Waals surface area contributed by atoms with E-state index >= 15 is 0 Å². The molecule has 32 heavy (non-hydrogen) atoms.